The number of hydrogen-bond acceptors (Lipinski definition) is 4. The molecule has 7 heteroatoms. The number of hydrogen-bond donors (Lipinski definition) is 2. The quantitative estimate of drug-likeness (QED) is 0.537. The van der Waals surface area contributed by atoms with E-state index in [0.717, 1.165) is 39.5 Å². The lowest BCUT2D eigenvalue weighted by Crippen LogP contribution is -2.28. The van der Waals surface area contributed by atoms with Crippen molar-refractivity contribution in [2.24, 2.45) is 0 Å². The standard InChI is InChI=1S/C24H30N4O3/c1-17-14-21(31-16-20-8-6-5-7-9-20)10-11-23(17)26-24(29)25-15-22-18(2)27-28(19(22)3)12-13-30-4/h5-11,14H,12-13,15-16H2,1-4H3,(H2,25,26,29). The number of carbonyl (C=O) groups excluding carboxylic acids is 1. The summed E-state index contributed by atoms with van der Waals surface area (Å²) in [5.41, 5.74) is 5.75. The number of urea groups is 1. The van der Waals surface area contributed by atoms with Crippen molar-refractivity contribution < 1.29 is 14.3 Å². The smallest absolute Gasteiger partial charge is 0.319 e. The Morgan fingerprint density at radius 3 is 2.58 bits per heavy atom. The second-order valence-electron chi connectivity index (χ2n) is 7.42. The fourth-order valence-electron chi connectivity index (χ4n) is 3.33. The molecule has 1 heterocycles. The summed E-state index contributed by atoms with van der Waals surface area (Å²) in [6.07, 6.45) is 0. The molecule has 0 spiro atoms. The molecule has 0 aliphatic rings. The van der Waals surface area contributed by atoms with Gasteiger partial charge in [-0.3, -0.25) is 4.68 Å². The average Bonchev–Trinajstić information content (AvgIpc) is 3.04. The zero-order chi connectivity index (χ0) is 22.2. The van der Waals surface area contributed by atoms with E-state index in [1.807, 2.05) is 74.0 Å². The Balaban J connectivity index is 1.54. The van der Waals surface area contributed by atoms with Crippen molar-refractivity contribution in [2.75, 3.05) is 19.0 Å². The molecule has 0 saturated carbocycles. The number of rotatable bonds is 9. The number of amides is 2. The molecule has 0 bridgehead atoms. The van der Waals surface area contributed by atoms with Gasteiger partial charge in [-0.25, -0.2) is 4.79 Å². The minimum absolute atomic E-state index is 0.260. The first-order valence-corrected chi connectivity index (χ1v) is 10.3. The van der Waals surface area contributed by atoms with E-state index in [0.29, 0.717) is 26.3 Å². The summed E-state index contributed by atoms with van der Waals surface area (Å²) in [5, 5.41) is 10.4. The minimum Gasteiger partial charge on any atom is -0.489 e. The Morgan fingerprint density at radius 2 is 1.87 bits per heavy atom. The number of nitrogens with zero attached hydrogens (tertiary/aromatic N) is 2. The second kappa shape index (κ2) is 10.6. The molecule has 164 valence electrons. The largest absolute Gasteiger partial charge is 0.489 e. The zero-order valence-electron chi connectivity index (χ0n) is 18.6. The van der Waals surface area contributed by atoms with Crippen LogP contribution in [0, 0.1) is 20.8 Å². The minimum atomic E-state index is -0.260. The average molecular weight is 423 g/mol. The van der Waals surface area contributed by atoms with Crippen LogP contribution in [-0.4, -0.2) is 29.5 Å². The zero-order valence-corrected chi connectivity index (χ0v) is 18.6. The van der Waals surface area contributed by atoms with Crippen molar-refractivity contribution in [1.29, 1.82) is 0 Å². The number of nitrogens with one attached hydrogen (secondary N) is 2. The van der Waals surface area contributed by atoms with Gasteiger partial charge in [-0.1, -0.05) is 30.3 Å². The SMILES string of the molecule is COCCn1nc(C)c(CNC(=O)Nc2ccc(OCc3ccccc3)cc2C)c1C. The fraction of sp³-hybridized carbons (Fsp3) is 0.333. The molecule has 0 aliphatic heterocycles. The van der Waals surface area contributed by atoms with E-state index in [-0.39, 0.29) is 6.03 Å². The summed E-state index contributed by atoms with van der Waals surface area (Å²) in [4.78, 5) is 12.4. The van der Waals surface area contributed by atoms with Crippen molar-refractivity contribution in [1.82, 2.24) is 15.1 Å². The van der Waals surface area contributed by atoms with Gasteiger partial charge in [0.2, 0.25) is 0 Å². The normalized spacial score (nSPS) is 10.7. The fourth-order valence-corrected chi connectivity index (χ4v) is 3.33. The van der Waals surface area contributed by atoms with Crippen LogP contribution in [0.4, 0.5) is 10.5 Å². The molecular weight excluding hydrogens is 392 g/mol. The summed E-state index contributed by atoms with van der Waals surface area (Å²) in [7, 11) is 1.67. The first kappa shape index (κ1) is 22.4. The van der Waals surface area contributed by atoms with Crippen molar-refractivity contribution in [3.05, 3.63) is 76.6 Å². The molecule has 1 aromatic heterocycles. The number of carbonyl (C=O) groups is 1. The molecule has 0 radical (unpaired) electrons. The Kier molecular flexibility index (Phi) is 7.67. The Morgan fingerprint density at radius 1 is 1.10 bits per heavy atom. The summed E-state index contributed by atoms with van der Waals surface area (Å²) >= 11 is 0. The number of ether oxygens (including phenoxy) is 2. The maximum Gasteiger partial charge on any atom is 0.319 e. The van der Waals surface area contributed by atoms with Crippen LogP contribution >= 0.6 is 0 Å². The molecule has 2 N–H and O–H groups in total. The van der Waals surface area contributed by atoms with E-state index in [1.165, 1.54) is 0 Å². The van der Waals surface area contributed by atoms with Gasteiger partial charge in [-0.05, 0) is 50.1 Å². The highest BCUT2D eigenvalue weighted by molar-refractivity contribution is 5.90. The summed E-state index contributed by atoms with van der Waals surface area (Å²) in [5.74, 6) is 0.766. The van der Waals surface area contributed by atoms with Gasteiger partial charge in [-0.15, -0.1) is 0 Å². The Labute approximate surface area is 183 Å². The van der Waals surface area contributed by atoms with E-state index < -0.39 is 0 Å². The summed E-state index contributed by atoms with van der Waals surface area (Å²) in [6.45, 7) is 8.09. The molecule has 2 amide bonds. The molecule has 3 rings (SSSR count). The van der Waals surface area contributed by atoms with E-state index in [9.17, 15) is 4.79 Å². The van der Waals surface area contributed by atoms with E-state index in [1.54, 1.807) is 7.11 Å². The van der Waals surface area contributed by atoms with Crippen LogP contribution in [0.1, 0.15) is 28.1 Å². The molecule has 0 fully saturated rings. The third kappa shape index (κ3) is 6.08. The van der Waals surface area contributed by atoms with Crippen LogP contribution in [0.15, 0.2) is 48.5 Å². The van der Waals surface area contributed by atoms with Crippen LogP contribution < -0.4 is 15.4 Å². The van der Waals surface area contributed by atoms with Gasteiger partial charge in [-0.2, -0.15) is 5.10 Å². The maximum atomic E-state index is 12.4. The summed E-state index contributed by atoms with van der Waals surface area (Å²) in [6, 6.07) is 15.4. The number of benzene rings is 2. The monoisotopic (exact) mass is 422 g/mol. The van der Waals surface area contributed by atoms with Crippen molar-refractivity contribution in [2.45, 2.75) is 40.5 Å². The van der Waals surface area contributed by atoms with E-state index >= 15 is 0 Å². The topological polar surface area (TPSA) is 77.4 Å². The van der Waals surface area contributed by atoms with E-state index in [4.69, 9.17) is 9.47 Å². The van der Waals surface area contributed by atoms with Crippen molar-refractivity contribution in [3.8, 4) is 5.75 Å². The first-order valence-electron chi connectivity index (χ1n) is 10.3. The van der Waals surface area contributed by atoms with Gasteiger partial charge in [0.15, 0.2) is 0 Å². The molecule has 2 aromatic carbocycles. The first-order chi connectivity index (χ1) is 15.0. The molecule has 0 aliphatic carbocycles. The van der Waals surface area contributed by atoms with Gasteiger partial charge in [0.1, 0.15) is 12.4 Å². The highest BCUT2D eigenvalue weighted by Gasteiger charge is 2.13. The van der Waals surface area contributed by atoms with Crippen LogP contribution in [0.25, 0.3) is 0 Å². The van der Waals surface area contributed by atoms with Gasteiger partial charge >= 0.3 is 6.03 Å². The predicted molar refractivity (Wildman–Crippen MR) is 121 cm³/mol. The van der Waals surface area contributed by atoms with E-state index in [2.05, 4.69) is 15.7 Å². The highest BCUT2D eigenvalue weighted by Crippen LogP contribution is 2.22. The van der Waals surface area contributed by atoms with Crippen LogP contribution in [0.3, 0.4) is 0 Å². The second-order valence-corrected chi connectivity index (χ2v) is 7.42. The van der Waals surface area contributed by atoms with Gasteiger partial charge in [0.05, 0.1) is 18.8 Å². The van der Waals surface area contributed by atoms with Crippen molar-refractivity contribution >= 4 is 11.7 Å². The summed E-state index contributed by atoms with van der Waals surface area (Å²) < 4.78 is 12.9. The van der Waals surface area contributed by atoms with Crippen LogP contribution in [0.2, 0.25) is 0 Å². The number of methoxy groups -OCH3 is 1. The Hall–Kier alpha value is -3.32. The molecule has 0 atom stereocenters. The lowest BCUT2D eigenvalue weighted by Gasteiger charge is -2.12. The van der Waals surface area contributed by atoms with Crippen molar-refractivity contribution in [3.63, 3.8) is 0 Å². The lowest BCUT2D eigenvalue weighted by molar-refractivity contribution is 0.182. The third-order valence-corrected chi connectivity index (χ3v) is 5.16. The lowest BCUT2D eigenvalue weighted by atomic mass is 10.2. The molecule has 3 aromatic rings. The number of aryl methyl sites for hydroxylation is 2. The molecule has 0 unspecified atom stereocenters. The molecule has 0 saturated heterocycles. The van der Waals surface area contributed by atoms with Crippen LogP contribution in [0.5, 0.6) is 5.75 Å². The molecular formula is C24H30N4O3. The number of anilines is 1. The van der Waals surface area contributed by atoms with Gasteiger partial charge in [0.25, 0.3) is 0 Å². The van der Waals surface area contributed by atoms with Gasteiger partial charge in [0, 0.05) is 30.6 Å². The highest BCUT2D eigenvalue weighted by atomic mass is 16.5. The van der Waals surface area contributed by atoms with Crippen LogP contribution in [-0.2, 0) is 24.4 Å². The number of aromatic nitrogens is 2. The van der Waals surface area contributed by atoms with Gasteiger partial charge < -0.3 is 20.1 Å². The molecule has 31 heavy (non-hydrogen) atoms. The maximum absolute atomic E-state index is 12.4. The predicted octanol–water partition coefficient (Wildman–Crippen LogP) is 4.36. The molecule has 7 nitrogen and oxygen atoms in total. The third-order valence-electron chi connectivity index (χ3n) is 5.16. The Bertz CT molecular complexity index is 1020.